The number of nitrogens with zero attached hydrogens (tertiary/aromatic N) is 5. The maximum absolute atomic E-state index is 4.63. The van der Waals surface area contributed by atoms with Gasteiger partial charge >= 0.3 is 0 Å². The summed E-state index contributed by atoms with van der Waals surface area (Å²) in [7, 11) is 1.97. The van der Waals surface area contributed by atoms with E-state index in [0.29, 0.717) is 6.04 Å². The molecule has 20 heavy (non-hydrogen) atoms. The van der Waals surface area contributed by atoms with Gasteiger partial charge in [-0.2, -0.15) is 10.2 Å². The van der Waals surface area contributed by atoms with Crippen LogP contribution in [0.25, 0.3) is 0 Å². The summed E-state index contributed by atoms with van der Waals surface area (Å²) in [5, 5.41) is 8.87. The molecule has 0 unspecified atom stereocenters. The molecular formula is C15H23N5. The highest BCUT2D eigenvalue weighted by molar-refractivity contribution is 5.08. The molecule has 0 saturated carbocycles. The minimum absolute atomic E-state index is 0.564. The number of likely N-dealkylation sites (tertiary alicyclic amines) is 1. The summed E-state index contributed by atoms with van der Waals surface area (Å²) in [4.78, 5) is 2.51. The number of aromatic nitrogens is 4. The van der Waals surface area contributed by atoms with Gasteiger partial charge in [0.2, 0.25) is 0 Å². The minimum Gasteiger partial charge on any atom is -0.299 e. The maximum atomic E-state index is 4.63. The first kappa shape index (κ1) is 13.4. The zero-order chi connectivity index (χ0) is 14.1. The van der Waals surface area contributed by atoms with Crippen LogP contribution >= 0.6 is 0 Å². The van der Waals surface area contributed by atoms with Crippen molar-refractivity contribution in [2.24, 2.45) is 7.05 Å². The molecular weight excluding hydrogens is 250 g/mol. The molecule has 3 rings (SSSR count). The lowest BCUT2D eigenvalue weighted by molar-refractivity contribution is 0.172. The largest absolute Gasteiger partial charge is 0.299 e. The van der Waals surface area contributed by atoms with Gasteiger partial charge in [-0.05, 0) is 32.8 Å². The third-order valence-corrected chi connectivity index (χ3v) is 4.11. The molecule has 2 aromatic rings. The molecule has 1 aliphatic heterocycles. The van der Waals surface area contributed by atoms with E-state index in [1.165, 1.54) is 24.1 Å². The standard InChI is InChI=1S/C15H23N5/c1-12-8-13(2)20(17-12)15-4-6-19(7-5-15)11-14-9-16-18(3)10-14/h8-10,15H,4-7,11H2,1-3H3. The third kappa shape index (κ3) is 2.77. The fourth-order valence-electron chi connectivity index (χ4n) is 3.15. The van der Waals surface area contributed by atoms with Gasteiger partial charge in [0, 0.05) is 44.1 Å². The van der Waals surface area contributed by atoms with Crippen molar-refractivity contribution in [1.82, 2.24) is 24.5 Å². The predicted octanol–water partition coefficient (Wildman–Crippen LogP) is 2.07. The van der Waals surface area contributed by atoms with Crippen LogP contribution in [0.4, 0.5) is 0 Å². The maximum Gasteiger partial charge on any atom is 0.0596 e. The Hall–Kier alpha value is -1.62. The predicted molar refractivity (Wildman–Crippen MR) is 78.5 cm³/mol. The summed E-state index contributed by atoms with van der Waals surface area (Å²) in [6.45, 7) is 7.51. The van der Waals surface area contributed by atoms with E-state index in [4.69, 9.17) is 0 Å². The van der Waals surface area contributed by atoms with E-state index in [1.54, 1.807) is 0 Å². The Morgan fingerprint density at radius 3 is 2.55 bits per heavy atom. The fourth-order valence-corrected chi connectivity index (χ4v) is 3.15. The first-order valence-corrected chi connectivity index (χ1v) is 7.34. The van der Waals surface area contributed by atoms with Gasteiger partial charge in [-0.15, -0.1) is 0 Å². The highest BCUT2D eigenvalue weighted by Gasteiger charge is 2.22. The zero-order valence-corrected chi connectivity index (χ0v) is 12.6. The van der Waals surface area contributed by atoms with Crippen LogP contribution in [0.2, 0.25) is 0 Å². The second-order valence-corrected chi connectivity index (χ2v) is 5.90. The SMILES string of the molecule is Cc1cc(C)n(C2CCN(Cc3cnn(C)c3)CC2)n1. The van der Waals surface area contributed by atoms with Gasteiger partial charge in [0.15, 0.2) is 0 Å². The number of hydrogen-bond acceptors (Lipinski definition) is 3. The summed E-state index contributed by atoms with van der Waals surface area (Å²) >= 11 is 0. The molecule has 0 amide bonds. The van der Waals surface area contributed by atoms with Gasteiger partial charge in [0.25, 0.3) is 0 Å². The van der Waals surface area contributed by atoms with E-state index in [1.807, 2.05) is 17.9 Å². The van der Waals surface area contributed by atoms with Gasteiger partial charge in [-0.25, -0.2) is 0 Å². The van der Waals surface area contributed by atoms with Gasteiger partial charge in [0.1, 0.15) is 0 Å². The van der Waals surface area contributed by atoms with Gasteiger partial charge in [-0.3, -0.25) is 14.3 Å². The normalized spacial score (nSPS) is 17.8. The number of rotatable bonds is 3. The van der Waals surface area contributed by atoms with Crippen LogP contribution in [0.3, 0.4) is 0 Å². The van der Waals surface area contributed by atoms with Crippen LogP contribution in [0.5, 0.6) is 0 Å². The van der Waals surface area contributed by atoms with E-state index in [0.717, 1.165) is 25.3 Å². The second-order valence-electron chi connectivity index (χ2n) is 5.90. The quantitative estimate of drug-likeness (QED) is 0.859. The second kappa shape index (κ2) is 5.40. The van der Waals surface area contributed by atoms with Crippen molar-refractivity contribution in [1.29, 1.82) is 0 Å². The van der Waals surface area contributed by atoms with Crippen molar-refractivity contribution < 1.29 is 0 Å². The Kier molecular flexibility index (Phi) is 3.61. The molecule has 5 heteroatoms. The molecule has 5 nitrogen and oxygen atoms in total. The third-order valence-electron chi connectivity index (χ3n) is 4.11. The highest BCUT2D eigenvalue weighted by atomic mass is 15.3. The van der Waals surface area contributed by atoms with Crippen molar-refractivity contribution >= 4 is 0 Å². The van der Waals surface area contributed by atoms with Gasteiger partial charge < -0.3 is 0 Å². The number of hydrogen-bond donors (Lipinski definition) is 0. The molecule has 0 aliphatic carbocycles. The van der Waals surface area contributed by atoms with Crippen molar-refractivity contribution in [3.05, 3.63) is 35.4 Å². The molecule has 3 heterocycles. The molecule has 0 atom stereocenters. The monoisotopic (exact) mass is 273 g/mol. The first-order chi connectivity index (χ1) is 9.61. The minimum atomic E-state index is 0.564. The van der Waals surface area contributed by atoms with Crippen molar-refractivity contribution in [2.45, 2.75) is 39.3 Å². The molecule has 2 aromatic heterocycles. The lowest BCUT2D eigenvalue weighted by Gasteiger charge is -2.32. The first-order valence-electron chi connectivity index (χ1n) is 7.34. The van der Waals surface area contributed by atoms with E-state index in [-0.39, 0.29) is 0 Å². The highest BCUT2D eigenvalue weighted by Crippen LogP contribution is 2.24. The van der Waals surface area contributed by atoms with Crippen LogP contribution in [0, 0.1) is 13.8 Å². The topological polar surface area (TPSA) is 38.9 Å². The summed E-state index contributed by atoms with van der Waals surface area (Å²) in [6.07, 6.45) is 6.44. The Balaban J connectivity index is 1.58. The van der Waals surface area contributed by atoms with E-state index >= 15 is 0 Å². The molecule has 0 N–H and O–H groups in total. The van der Waals surface area contributed by atoms with Crippen LogP contribution in [-0.4, -0.2) is 37.6 Å². The summed E-state index contributed by atoms with van der Waals surface area (Å²) in [5.74, 6) is 0. The van der Waals surface area contributed by atoms with Crippen LogP contribution in [-0.2, 0) is 13.6 Å². The lowest BCUT2D eigenvalue weighted by atomic mass is 10.0. The Morgan fingerprint density at radius 2 is 2.00 bits per heavy atom. The molecule has 108 valence electrons. The Labute approximate surface area is 120 Å². The molecule has 0 bridgehead atoms. The van der Waals surface area contributed by atoms with Crippen molar-refractivity contribution in [3.63, 3.8) is 0 Å². The van der Waals surface area contributed by atoms with Crippen LogP contribution < -0.4 is 0 Å². The fraction of sp³-hybridized carbons (Fsp3) is 0.600. The van der Waals surface area contributed by atoms with Crippen molar-refractivity contribution in [3.8, 4) is 0 Å². The van der Waals surface area contributed by atoms with Crippen LogP contribution in [0.15, 0.2) is 18.5 Å². The Bertz CT molecular complexity index is 575. The molecule has 0 spiro atoms. The van der Waals surface area contributed by atoms with E-state index in [2.05, 4.69) is 45.9 Å². The zero-order valence-electron chi connectivity index (χ0n) is 12.6. The van der Waals surface area contributed by atoms with Crippen molar-refractivity contribution in [2.75, 3.05) is 13.1 Å². The molecule has 1 aliphatic rings. The number of piperidine rings is 1. The summed E-state index contributed by atoms with van der Waals surface area (Å²) < 4.78 is 4.09. The summed E-state index contributed by atoms with van der Waals surface area (Å²) in [6, 6.07) is 2.73. The average Bonchev–Trinajstić information content (AvgIpc) is 2.96. The average molecular weight is 273 g/mol. The lowest BCUT2D eigenvalue weighted by Crippen LogP contribution is -2.34. The summed E-state index contributed by atoms with van der Waals surface area (Å²) in [5.41, 5.74) is 3.71. The smallest absolute Gasteiger partial charge is 0.0596 e. The van der Waals surface area contributed by atoms with E-state index < -0.39 is 0 Å². The van der Waals surface area contributed by atoms with Gasteiger partial charge in [-0.1, -0.05) is 0 Å². The molecule has 0 aromatic carbocycles. The molecule has 0 radical (unpaired) electrons. The molecule has 1 saturated heterocycles. The Morgan fingerprint density at radius 1 is 1.25 bits per heavy atom. The van der Waals surface area contributed by atoms with Crippen LogP contribution in [0.1, 0.15) is 35.8 Å². The van der Waals surface area contributed by atoms with E-state index in [9.17, 15) is 0 Å². The van der Waals surface area contributed by atoms with Gasteiger partial charge in [0.05, 0.1) is 17.9 Å². The number of aryl methyl sites for hydroxylation is 3. The molecule has 1 fully saturated rings.